The van der Waals surface area contributed by atoms with Crippen molar-refractivity contribution in [1.82, 2.24) is 10.3 Å². The monoisotopic (exact) mass is 362 g/mol. The van der Waals surface area contributed by atoms with E-state index in [1.807, 2.05) is 12.4 Å². The highest BCUT2D eigenvalue weighted by atomic mass is 16.1. The van der Waals surface area contributed by atoms with Crippen LogP contribution in [0.25, 0.3) is 0 Å². The van der Waals surface area contributed by atoms with Crippen LogP contribution < -0.4 is 5.32 Å². The minimum Gasteiger partial charge on any atom is -0.342 e. The standard InChI is InChI=1S/C22H26N4O/c1-21(2)11-17-19(18(27)12-21)22(16-13-24-26-20(16)25-17)7-3-14(4-8-22)15-5-9-23-10-6-15/h5-6,9-10,14,25H,3-4,7-8,11-13H2,1-2H3. The highest BCUT2D eigenvalue weighted by molar-refractivity contribution is 6.00. The molecule has 2 aliphatic heterocycles. The topological polar surface area (TPSA) is 66.7 Å². The fourth-order valence-corrected chi connectivity index (χ4v) is 5.70. The number of dihydropyridines is 1. The largest absolute Gasteiger partial charge is 0.342 e. The van der Waals surface area contributed by atoms with Crippen LogP contribution in [0.4, 0.5) is 0 Å². The minimum atomic E-state index is -0.156. The Morgan fingerprint density at radius 3 is 2.59 bits per heavy atom. The molecule has 2 aliphatic carbocycles. The quantitative estimate of drug-likeness (QED) is 0.791. The molecule has 1 spiro atoms. The molecule has 140 valence electrons. The van der Waals surface area contributed by atoms with Gasteiger partial charge in [-0.2, -0.15) is 5.11 Å². The number of rotatable bonds is 1. The van der Waals surface area contributed by atoms with Gasteiger partial charge in [-0.15, -0.1) is 5.11 Å². The lowest BCUT2D eigenvalue weighted by Gasteiger charge is -2.48. The lowest BCUT2D eigenvalue weighted by molar-refractivity contribution is -0.119. The number of ketones is 1. The molecule has 27 heavy (non-hydrogen) atoms. The number of aromatic nitrogens is 1. The van der Waals surface area contributed by atoms with Gasteiger partial charge in [0.1, 0.15) is 0 Å². The zero-order valence-electron chi connectivity index (χ0n) is 16.1. The SMILES string of the molecule is CC1(C)CC(=O)C2=C(C1)NC1=C(CN=N1)C21CCC(c2ccncc2)CC1. The first-order valence-electron chi connectivity index (χ1n) is 10.0. The predicted octanol–water partition coefficient (Wildman–Crippen LogP) is 4.65. The van der Waals surface area contributed by atoms with Crippen molar-refractivity contribution in [3.05, 3.63) is 52.8 Å². The molecule has 5 rings (SSSR count). The molecule has 0 unspecified atom stereocenters. The number of hydrogen-bond donors (Lipinski definition) is 1. The van der Waals surface area contributed by atoms with Gasteiger partial charge in [-0.25, -0.2) is 0 Å². The first kappa shape index (κ1) is 16.8. The molecular formula is C22H26N4O. The third-order valence-corrected chi connectivity index (χ3v) is 6.90. The van der Waals surface area contributed by atoms with Crippen molar-refractivity contribution in [3.8, 4) is 0 Å². The molecule has 5 nitrogen and oxygen atoms in total. The number of fused-ring (bicyclic) bond motifs is 2. The summed E-state index contributed by atoms with van der Waals surface area (Å²) in [5.74, 6) is 1.79. The molecule has 1 fully saturated rings. The summed E-state index contributed by atoms with van der Waals surface area (Å²) in [5, 5.41) is 12.2. The zero-order chi connectivity index (χ0) is 18.6. The fourth-order valence-electron chi connectivity index (χ4n) is 5.70. The van der Waals surface area contributed by atoms with Crippen LogP contribution in [-0.2, 0) is 4.79 Å². The summed E-state index contributed by atoms with van der Waals surface area (Å²) in [6.07, 6.45) is 9.52. The van der Waals surface area contributed by atoms with E-state index in [1.165, 1.54) is 11.1 Å². The number of nitrogens with zero attached hydrogens (tertiary/aromatic N) is 3. The van der Waals surface area contributed by atoms with Crippen LogP contribution in [0.2, 0.25) is 0 Å². The first-order chi connectivity index (χ1) is 13.0. The molecule has 1 aromatic rings. The Labute approximate surface area is 160 Å². The maximum absolute atomic E-state index is 13.3. The molecule has 4 aliphatic rings. The molecule has 5 heteroatoms. The maximum atomic E-state index is 13.3. The van der Waals surface area contributed by atoms with Gasteiger partial charge in [-0.1, -0.05) is 13.8 Å². The Morgan fingerprint density at radius 1 is 1.11 bits per heavy atom. The van der Waals surface area contributed by atoms with Crippen LogP contribution in [0, 0.1) is 10.8 Å². The molecule has 0 aromatic carbocycles. The minimum absolute atomic E-state index is 0.00611. The van der Waals surface area contributed by atoms with Crippen LogP contribution in [0.3, 0.4) is 0 Å². The van der Waals surface area contributed by atoms with E-state index in [1.54, 1.807) is 0 Å². The summed E-state index contributed by atoms with van der Waals surface area (Å²) in [5.41, 5.74) is 4.64. The third kappa shape index (κ3) is 2.59. The fraction of sp³-hybridized carbons (Fsp3) is 0.545. The van der Waals surface area contributed by atoms with Gasteiger partial charge in [-0.05, 0) is 61.1 Å². The number of hydrogen-bond acceptors (Lipinski definition) is 5. The Kier molecular flexibility index (Phi) is 3.65. The lowest BCUT2D eigenvalue weighted by atomic mass is 9.56. The van der Waals surface area contributed by atoms with Gasteiger partial charge >= 0.3 is 0 Å². The van der Waals surface area contributed by atoms with E-state index in [-0.39, 0.29) is 10.8 Å². The van der Waals surface area contributed by atoms with Crippen LogP contribution in [0.5, 0.6) is 0 Å². The smallest absolute Gasteiger partial charge is 0.162 e. The number of azo groups is 1. The van der Waals surface area contributed by atoms with Crippen molar-refractivity contribution >= 4 is 5.78 Å². The second-order valence-electron chi connectivity index (χ2n) is 9.28. The van der Waals surface area contributed by atoms with E-state index < -0.39 is 0 Å². The summed E-state index contributed by atoms with van der Waals surface area (Å²) in [7, 11) is 0. The number of carbonyl (C=O) groups is 1. The molecule has 0 bridgehead atoms. The summed E-state index contributed by atoms with van der Waals surface area (Å²) in [6.45, 7) is 5.00. The summed E-state index contributed by atoms with van der Waals surface area (Å²) in [6, 6.07) is 4.27. The van der Waals surface area contributed by atoms with Gasteiger partial charge in [0.05, 0.1) is 6.54 Å². The normalized spacial score (nSPS) is 31.8. The highest BCUT2D eigenvalue weighted by Gasteiger charge is 2.52. The predicted molar refractivity (Wildman–Crippen MR) is 103 cm³/mol. The Balaban J connectivity index is 1.52. The molecule has 0 amide bonds. The van der Waals surface area contributed by atoms with Crippen molar-refractivity contribution in [2.75, 3.05) is 6.54 Å². The third-order valence-electron chi connectivity index (χ3n) is 6.90. The summed E-state index contributed by atoms with van der Waals surface area (Å²) >= 11 is 0. The molecule has 0 radical (unpaired) electrons. The molecule has 3 heterocycles. The number of Topliss-reactive ketones (excluding diaryl/α,β-unsaturated/α-hetero) is 1. The van der Waals surface area contributed by atoms with Crippen molar-refractivity contribution < 1.29 is 4.79 Å². The van der Waals surface area contributed by atoms with Crippen LogP contribution in [-0.4, -0.2) is 17.3 Å². The van der Waals surface area contributed by atoms with Crippen molar-refractivity contribution in [2.45, 2.75) is 58.3 Å². The molecule has 1 aromatic heterocycles. The van der Waals surface area contributed by atoms with E-state index in [0.29, 0.717) is 24.7 Å². The molecule has 1 saturated carbocycles. The van der Waals surface area contributed by atoms with Crippen LogP contribution in [0.15, 0.2) is 57.4 Å². The van der Waals surface area contributed by atoms with Gasteiger partial charge in [-0.3, -0.25) is 9.78 Å². The van der Waals surface area contributed by atoms with E-state index in [9.17, 15) is 4.79 Å². The lowest BCUT2D eigenvalue weighted by Crippen LogP contribution is -2.45. The second-order valence-corrected chi connectivity index (χ2v) is 9.28. The number of carbonyl (C=O) groups excluding carboxylic acids is 1. The van der Waals surface area contributed by atoms with E-state index in [4.69, 9.17) is 0 Å². The van der Waals surface area contributed by atoms with E-state index in [0.717, 1.165) is 49.2 Å². The molecule has 0 saturated heterocycles. The average molecular weight is 362 g/mol. The Hall–Kier alpha value is -2.30. The molecule has 0 atom stereocenters. The van der Waals surface area contributed by atoms with Gasteiger partial charge in [0.25, 0.3) is 0 Å². The molecular weight excluding hydrogens is 336 g/mol. The average Bonchev–Trinajstić information content (AvgIpc) is 3.11. The van der Waals surface area contributed by atoms with Gasteiger partial charge in [0.15, 0.2) is 11.6 Å². The number of allylic oxidation sites excluding steroid dienone is 2. The van der Waals surface area contributed by atoms with Crippen molar-refractivity contribution in [1.29, 1.82) is 0 Å². The van der Waals surface area contributed by atoms with Crippen molar-refractivity contribution in [3.63, 3.8) is 0 Å². The van der Waals surface area contributed by atoms with E-state index >= 15 is 0 Å². The van der Waals surface area contributed by atoms with Crippen molar-refractivity contribution in [2.24, 2.45) is 21.1 Å². The molecule has 1 N–H and O–H groups in total. The number of pyridine rings is 1. The maximum Gasteiger partial charge on any atom is 0.162 e. The first-order valence-corrected chi connectivity index (χ1v) is 10.0. The van der Waals surface area contributed by atoms with E-state index in [2.05, 4.69) is 46.5 Å². The summed E-state index contributed by atoms with van der Waals surface area (Å²) < 4.78 is 0. The van der Waals surface area contributed by atoms with Gasteiger partial charge < -0.3 is 5.32 Å². The second kappa shape index (κ2) is 5.85. The van der Waals surface area contributed by atoms with Crippen LogP contribution >= 0.6 is 0 Å². The van der Waals surface area contributed by atoms with Gasteiger partial charge in [0, 0.05) is 41.1 Å². The Bertz CT molecular complexity index is 886. The number of nitrogens with one attached hydrogen (secondary N) is 1. The van der Waals surface area contributed by atoms with Gasteiger partial charge in [0.2, 0.25) is 0 Å². The summed E-state index contributed by atoms with van der Waals surface area (Å²) in [4.78, 5) is 17.4. The zero-order valence-corrected chi connectivity index (χ0v) is 16.1. The Morgan fingerprint density at radius 2 is 1.85 bits per heavy atom. The van der Waals surface area contributed by atoms with Crippen LogP contribution in [0.1, 0.15) is 63.9 Å². The highest BCUT2D eigenvalue weighted by Crippen LogP contribution is 2.58.